The number of carbonyl (C=O) groups excluding carboxylic acids is 1. The van der Waals surface area contributed by atoms with Gasteiger partial charge in [-0.1, -0.05) is 23.8 Å². The van der Waals surface area contributed by atoms with Crippen LogP contribution in [0.2, 0.25) is 0 Å². The molecule has 1 aromatic heterocycles. The summed E-state index contributed by atoms with van der Waals surface area (Å²) in [7, 11) is 1.55. The van der Waals surface area contributed by atoms with E-state index in [4.69, 9.17) is 9.47 Å². The Bertz CT molecular complexity index is 1060. The topological polar surface area (TPSA) is 80.4 Å². The molecule has 0 bridgehead atoms. The molecule has 0 saturated carbocycles. The van der Waals surface area contributed by atoms with E-state index in [0.717, 1.165) is 22.0 Å². The second-order valence-corrected chi connectivity index (χ2v) is 6.71. The highest BCUT2D eigenvalue weighted by Crippen LogP contribution is 2.25. The van der Waals surface area contributed by atoms with Gasteiger partial charge in [-0.05, 0) is 55.5 Å². The first-order valence-corrected chi connectivity index (χ1v) is 9.13. The van der Waals surface area contributed by atoms with E-state index in [1.807, 2.05) is 44.2 Å². The molecule has 0 saturated heterocycles. The number of amides is 1. The zero-order valence-corrected chi connectivity index (χ0v) is 16.3. The van der Waals surface area contributed by atoms with Crippen LogP contribution in [0.25, 0.3) is 10.9 Å². The van der Waals surface area contributed by atoms with Crippen molar-refractivity contribution in [3.05, 3.63) is 69.5 Å². The minimum atomic E-state index is -0.255. The minimum Gasteiger partial charge on any atom is -0.493 e. The average Bonchev–Trinajstić information content (AvgIpc) is 2.67. The summed E-state index contributed by atoms with van der Waals surface area (Å²) in [5, 5.41) is 3.78. The summed E-state index contributed by atoms with van der Waals surface area (Å²) < 4.78 is 10.7. The van der Waals surface area contributed by atoms with E-state index in [1.165, 1.54) is 0 Å². The number of pyridine rings is 1. The van der Waals surface area contributed by atoms with Crippen LogP contribution in [0.5, 0.6) is 11.5 Å². The van der Waals surface area contributed by atoms with Gasteiger partial charge in [-0.25, -0.2) is 0 Å². The number of aromatic amines is 1. The standard InChI is InChI=1S/C22H24N2O4/c1-14-10-15(2)21-17(11-14)12-16(22(26)24-21)8-9-23-20(25)13-28-19-7-5-4-6-18(19)27-3/h4-7,10-12H,8-9,13H2,1-3H3,(H,23,25)(H,24,26). The van der Waals surface area contributed by atoms with Crippen LogP contribution in [0.4, 0.5) is 0 Å². The maximum Gasteiger partial charge on any atom is 0.257 e. The molecule has 1 heterocycles. The van der Waals surface area contributed by atoms with Gasteiger partial charge < -0.3 is 19.8 Å². The number of aryl methyl sites for hydroxylation is 2. The van der Waals surface area contributed by atoms with Crippen molar-refractivity contribution in [1.29, 1.82) is 0 Å². The number of ether oxygens (including phenoxy) is 2. The molecule has 6 nitrogen and oxygen atoms in total. The van der Waals surface area contributed by atoms with Crippen LogP contribution in [0.15, 0.2) is 47.3 Å². The van der Waals surface area contributed by atoms with E-state index in [2.05, 4.69) is 10.3 Å². The van der Waals surface area contributed by atoms with Crippen LogP contribution in [0.1, 0.15) is 16.7 Å². The fourth-order valence-corrected chi connectivity index (χ4v) is 3.19. The maximum atomic E-state index is 12.3. The van der Waals surface area contributed by atoms with Crippen molar-refractivity contribution in [2.45, 2.75) is 20.3 Å². The Kier molecular flexibility index (Phi) is 5.99. The maximum absolute atomic E-state index is 12.3. The van der Waals surface area contributed by atoms with Gasteiger partial charge in [0.25, 0.3) is 11.5 Å². The lowest BCUT2D eigenvalue weighted by Crippen LogP contribution is -2.31. The van der Waals surface area contributed by atoms with Crippen LogP contribution < -0.4 is 20.3 Å². The Morgan fingerprint density at radius 3 is 2.61 bits per heavy atom. The van der Waals surface area contributed by atoms with Gasteiger partial charge in [0.1, 0.15) is 0 Å². The molecule has 2 N–H and O–H groups in total. The number of methoxy groups -OCH3 is 1. The van der Waals surface area contributed by atoms with Crippen molar-refractivity contribution in [2.75, 3.05) is 20.3 Å². The Balaban J connectivity index is 1.58. The zero-order valence-electron chi connectivity index (χ0n) is 16.3. The number of carbonyl (C=O) groups is 1. The highest BCUT2D eigenvalue weighted by Gasteiger charge is 2.09. The molecule has 2 aromatic carbocycles. The number of rotatable bonds is 7. The molecule has 0 fully saturated rings. The molecule has 0 aliphatic rings. The number of hydrogen-bond acceptors (Lipinski definition) is 4. The third kappa shape index (κ3) is 4.52. The molecule has 146 valence electrons. The average molecular weight is 380 g/mol. The lowest BCUT2D eigenvalue weighted by atomic mass is 10.0. The molecule has 0 radical (unpaired) electrons. The summed E-state index contributed by atoms with van der Waals surface area (Å²) >= 11 is 0. The Hall–Kier alpha value is -3.28. The number of nitrogens with one attached hydrogen (secondary N) is 2. The first kappa shape index (κ1) is 19.5. The van der Waals surface area contributed by atoms with Crippen LogP contribution in [-0.4, -0.2) is 31.2 Å². The Morgan fingerprint density at radius 2 is 1.86 bits per heavy atom. The molecule has 1 amide bonds. The number of hydrogen-bond donors (Lipinski definition) is 2. The van der Waals surface area contributed by atoms with E-state index in [9.17, 15) is 9.59 Å². The van der Waals surface area contributed by atoms with Crippen molar-refractivity contribution in [3.63, 3.8) is 0 Å². The smallest absolute Gasteiger partial charge is 0.257 e. The van der Waals surface area contributed by atoms with Gasteiger partial charge >= 0.3 is 0 Å². The fraction of sp³-hybridized carbons (Fsp3) is 0.273. The number of para-hydroxylation sites is 2. The highest BCUT2D eigenvalue weighted by atomic mass is 16.5. The number of benzene rings is 2. The lowest BCUT2D eigenvalue weighted by Gasteiger charge is -2.11. The van der Waals surface area contributed by atoms with Gasteiger partial charge in [0, 0.05) is 12.1 Å². The molecule has 0 unspecified atom stereocenters. The first-order valence-electron chi connectivity index (χ1n) is 9.13. The summed E-state index contributed by atoms with van der Waals surface area (Å²) in [6.45, 7) is 4.24. The van der Waals surface area contributed by atoms with Gasteiger partial charge in [0.2, 0.25) is 0 Å². The Morgan fingerprint density at radius 1 is 1.11 bits per heavy atom. The molecule has 0 spiro atoms. The lowest BCUT2D eigenvalue weighted by molar-refractivity contribution is -0.123. The van der Waals surface area contributed by atoms with Crippen molar-refractivity contribution in [1.82, 2.24) is 10.3 Å². The second-order valence-electron chi connectivity index (χ2n) is 6.71. The molecule has 28 heavy (non-hydrogen) atoms. The van der Waals surface area contributed by atoms with Gasteiger partial charge in [-0.15, -0.1) is 0 Å². The number of fused-ring (bicyclic) bond motifs is 1. The van der Waals surface area contributed by atoms with E-state index in [0.29, 0.717) is 30.0 Å². The van der Waals surface area contributed by atoms with E-state index in [-0.39, 0.29) is 18.1 Å². The van der Waals surface area contributed by atoms with Crippen molar-refractivity contribution in [2.24, 2.45) is 0 Å². The number of H-pyrrole nitrogens is 1. The molecule has 6 heteroatoms. The highest BCUT2D eigenvalue weighted by molar-refractivity contribution is 5.83. The molecule has 3 rings (SSSR count). The largest absolute Gasteiger partial charge is 0.493 e. The fourth-order valence-electron chi connectivity index (χ4n) is 3.19. The predicted molar refractivity (Wildman–Crippen MR) is 109 cm³/mol. The minimum absolute atomic E-state index is 0.118. The van der Waals surface area contributed by atoms with Crippen LogP contribution in [0.3, 0.4) is 0 Å². The molecule has 0 atom stereocenters. The van der Waals surface area contributed by atoms with Gasteiger partial charge in [0.15, 0.2) is 18.1 Å². The van der Waals surface area contributed by atoms with Crippen molar-refractivity contribution < 1.29 is 14.3 Å². The van der Waals surface area contributed by atoms with Gasteiger partial charge in [-0.2, -0.15) is 0 Å². The summed E-state index contributed by atoms with van der Waals surface area (Å²) in [4.78, 5) is 27.3. The second kappa shape index (κ2) is 8.61. The van der Waals surface area contributed by atoms with E-state index < -0.39 is 0 Å². The molecule has 3 aromatic rings. The van der Waals surface area contributed by atoms with Gasteiger partial charge in [-0.3, -0.25) is 9.59 Å². The summed E-state index contributed by atoms with van der Waals surface area (Å²) in [5.41, 5.74) is 3.56. The monoisotopic (exact) mass is 380 g/mol. The third-order valence-corrected chi connectivity index (χ3v) is 4.51. The quantitative estimate of drug-likeness (QED) is 0.660. The predicted octanol–water partition coefficient (Wildman–Crippen LogP) is 2.89. The van der Waals surface area contributed by atoms with Gasteiger partial charge in [0.05, 0.1) is 12.6 Å². The molecule has 0 aliphatic carbocycles. The molecular weight excluding hydrogens is 356 g/mol. The summed E-state index contributed by atoms with van der Waals surface area (Å²) in [5.74, 6) is 0.829. The van der Waals surface area contributed by atoms with Crippen LogP contribution in [-0.2, 0) is 11.2 Å². The van der Waals surface area contributed by atoms with E-state index >= 15 is 0 Å². The van der Waals surface area contributed by atoms with Crippen molar-refractivity contribution in [3.8, 4) is 11.5 Å². The van der Waals surface area contributed by atoms with Crippen LogP contribution >= 0.6 is 0 Å². The number of aromatic nitrogens is 1. The van der Waals surface area contributed by atoms with Crippen LogP contribution in [0, 0.1) is 13.8 Å². The molecular formula is C22H24N2O4. The van der Waals surface area contributed by atoms with E-state index in [1.54, 1.807) is 19.2 Å². The Labute approximate surface area is 163 Å². The molecule has 0 aliphatic heterocycles. The normalized spacial score (nSPS) is 10.7. The third-order valence-electron chi connectivity index (χ3n) is 4.51. The summed E-state index contributed by atoms with van der Waals surface area (Å²) in [6, 6.07) is 13.1. The first-order chi connectivity index (χ1) is 13.5. The SMILES string of the molecule is COc1ccccc1OCC(=O)NCCc1cc2cc(C)cc(C)c2[nH]c1=O. The zero-order chi connectivity index (χ0) is 20.1. The summed E-state index contributed by atoms with van der Waals surface area (Å²) in [6.07, 6.45) is 0.443. The van der Waals surface area contributed by atoms with Crippen molar-refractivity contribution >= 4 is 16.8 Å².